The molecule has 6 N–H and O–H groups in total. The molecule has 0 saturated carbocycles. The monoisotopic (exact) mass is 552 g/mol. The molecule has 0 bridgehead atoms. The maximum Gasteiger partial charge on any atom is 0.343 e. The molecule has 0 saturated heterocycles. The minimum absolute atomic E-state index is 0.0752. The number of carboxylic acid groups (broad SMARTS) is 2. The van der Waals surface area contributed by atoms with Crippen LogP contribution >= 0.6 is 11.6 Å². The maximum atomic E-state index is 12.9. The number of nitrogens with zero attached hydrogens (tertiary/aromatic N) is 2. The third-order valence-corrected chi connectivity index (χ3v) is 5.79. The Hall–Kier alpha value is -4.90. The predicted molar refractivity (Wildman–Crippen MR) is 144 cm³/mol. The minimum atomic E-state index is -1.20. The van der Waals surface area contributed by atoms with Crippen LogP contribution in [0.1, 0.15) is 43.1 Å². The molecule has 0 atom stereocenters. The minimum Gasteiger partial charge on any atom is -0.480 e. The van der Waals surface area contributed by atoms with Crippen molar-refractivity contribution >= 4 is 47.1 Å². The highest BCUT2D eigenvalue weighted by Gasteiger charge is 2.20. The first kappa shape index (κ1) is 28.7. The molecule has 0 heterocycles. The lowest BCUT2D eigenvalue weighted by molar-refractivity contribution is -0.137. The van der Waals surface area contributed by atoms with E-state index in [1.165, 1.54) is 42.5 Å². The highest BCUT2D eigenvalue weighted by molar-refractivity contribution is 6.31. The van der Waals surface area contributed by atoms with Crippen LogP contribution in [0.4, 0.5) is 5.69 Å². The lowest BCUT2D eigenvalue weighted by atomic mass is 10.1. The number of guanidine groups is 1. The van der Waals surface area contributed by atoms with Crippen LogP contribution in [0.2, 0.25) is 5.02 Å². The zero-order chi connectivity index (χ0) is 28.5. The zero-order valence-corrected chi connectivity index (χ0v) is 21.3. The Balaban J connectivity index is 1.62. The van der Waals surface area contributed by atoms with Gasteiger partial charge in [0.1, 0.15) is 12.3 Å². The van der Waals surface area contributed by atoms with Crippen LogP contribution in [0.5, 0.6) is 5.75 Å². The maximum absolute atomic E-state index is 12.9. The smallest absolute Gasteiger partial charge is 0.343 e. The molecular weight excluding hydrogens is 528 g/mol. The molecule has 11 nitrogen and oxygen atoms in total. The van der Waals surface area contributed by atoms with Gasteiger partial charge in [-0.1, -0.05) is 23.7 Å². The van der Waals surface area contributed by atoms with E-state index >= 15 is 0 Å². The van der Waals surface area contributed by atoms with Crippen molar-refractivity contribution in [3.63, 3.8) is 0 Å². The van der Waals surface area contributed by atoms with Crippen LogP contribution in [0.25, 0.3) is 0 Å². The number of aliphatic imine (C=N–C) groups is 1. The number of aromatic carboxylic acids is 1. The average molecular weight is 553 g/mol. The van der Waals surface area contributed by atoms with Crippen LogP contribution in [0.3, 0.4) is 0 Å². The predicted octanol–water partition coefficient (Wildman–Crippen LogP) is 3.32. The van der Waals surface area contributed by atoms with Crippen molar-refractivity contribution in [2.75, 3.05) is 13.1 Å². The lowest BCUT2D eigenvalue weighted by Gasteiger charge is -2.21. The number of aryl methyl sites for hydroxylation is 1. The summed E-state index contributed by atoms with van der Waals surface area (Å²) in [5.74, 6) is -3.48. The van der Waals surface area contributed by atoms with Crippen LogP contribution in [0.15, 0.2) is 71.7 Å². The summed E-state index contributed by atoms with van der Waals surface area (Å²) in [5.41, 5.74) is 12.1. The first-order chi connectivity index (χ1) is 18.5. The van der Waals surface area contributed by atoms with Crippen molar-refractivity contribution in [3.05, 3.63) is 94.0 Å². The fourth-order valence-corrected chi connectivity index (χ4v) is 3.89. The second-order valence-electron chi connectivity index (χ2n) is 8.34. The topological polar surface area (TPSA) is 186 Å². The van der Waals surface area contributed by atoms with E-state index in [0.29, 0.717) is 29.1 Å². The van der Waals surface area contributed by atoms with E-state index < -0.39 is 30.4 Å². The number of benzene rings is 3. The average Bonchev–Trinajstić information content (AvgIpc) is 2.88. The molecule has 3 aromatic carbocycles. The largest absolute Gasteiger partial charge is 0.480 e. The van der Waals surface area contributed by atoms with Crippen LogP contribution in [-0.4, -0.2) is 58.0 Å². The fraction of sp³-hybridized carbons (Fsp3) is 0.148. The molecule has 0 unspecified atom stereocenters. The Morgan fingerprint density at radius 2 is 1.59 bits per heavy atom. The van der Waals surface area contributed by atoms with Crippen molar-refractivity contribution in [2.45, 2.75) is 12.8 Å². The summed E-state index contributed by atoms with van der Waals surface area (Å²) in [4.78, 5) is 52.9. The van der Waals surface area contributed by atoms with Crippen molar-refractivity contribution in [1.29, 1.82) is 0 Å². The number of halogens is 1. The molecule has 1 amide bonds. The molecule has 0 fully saturated rings. The standard InChI is InChI=1S/C27H25ClN4O7/c28-22-14-21(39-26(38)17-6-9-20(10-7-17)31-27(29)30)11-8-16(22)5-2-12-32(15-23(33)34)24(35)18-3-1-4-19(13-18)25(36)37/h1,3-4,6-11,13-14H,2,5,12,15H2,(H,33,34)(H,36,37)(H4,29,30,31). The molecular formula is C27H25ClN4O7. The van der Waals surface area contributed by atoms with Crippen LogP contribution < -0.4 is 16.2 Å². The quantitative estimate of drug-likeness (QED) is 0.120. The molecule has 0 aliphatic carbocycles. The number of esters is 1. The number of hydrogen-bond acceptors (Lipinski definition) is 6. The number of amides is 1. The molecule has 3 aromatic rings. The summed E-state index contributed by atoms with van der Waals surface area (Å²) in [5, 5.41) is 18.7. The molecule has 0 aliphatic heterocycles. The zero-order valence-electron chi connectivity index (χ0n) is 20.5. The van der Waals surface area contributed by atoms with Crippen molar-refractivity contribution in [3.8, 4) is 5.75 Å². The molecule has 202 valence electrons. The summed E-state index contributed by atoms with van der Waals surface area (Å²) in [6.07, 6.45) is 0.774. The van der Waals surface area contributed by atoms with E-state index in [2.05, 4.69) is 4.99 Å². The van der Waals surface area contributed by atoms with Gasteiger partial charge in [0.15, 0.2) is 5.96 Å². The van der Waals surface area contributed by atoms with Gasteiger partial charge in [0.25, 0.3) is 5.91 Å². The van der Waals surface area contributed by atoms with E-state index in [9.17, 15) is 24.3 Å². The Labute approximate surface area is 228 Å². The molecule has 0 radical (unpaired) electrons. The number of aliphatic carboxylic acids is 1. The summed E-state index contributed by atoms with van der Waals surface area (Å²) in [6.45, 7) is -0.461. The van der Waals surface area contributed by atoms with Gasteiger partial charge < -0.3 is 31.3 Å². The summed E-state index contributed by atoms with van der Waals surface area (Å²) in [6, 6.07) is 16.3. The van der Waals surface area contributed by atoms with Gasteiger partial charge in [0.2, 0.25) is 0 Å². The third kappa shape index (κ3) is 8.30. The first-order valence-corrected chi connectivity index (χ1v) is 12.0. The summed E-state index contributed by atoms with van der Waals surface area (Å²) < 4.78 is 5.38. The Bertz CT molecular complexity index is 1420. The molecule has 0 aromatic heterocycles. The Morgan fingerprint density at radius 3 is 2.21 bits per heavy atom. The van der Waals surface area contributed by atoms with Crippen LogP contribution in [-0.2, 0) is 11.2 Å². The molecule has 3 rings (SSSR count). The van der Waals surface area contributed by atoms with E-state index in [-0.39, 0.29) is 34.9 Å². The number of hydrogen-bond donors (Lipinski definition) is 4. The van der Waals surface area contributed by atoms with E-state index in [4.69, 9.17) is 32.9 Å². The van der Waals surface area contributed by atoms with Gasteiger partial charge >= 0.3 is 17.9 Å². The second-order valence-corrected chi connectivity index (χ2v) is 8.74. The van der Waals surface area contributed by atoms with Crippen molar-refractivity contribution in [2.24, 2.45) is 16.5 Å². The van der Waals surface area contributed by atoms with Gasteiger partial charge in [-0.2, -0.15) is 0 Å². The van der Waals surface area contributed by atoms with Gasteiger partial charge in [0, 0.05) is 17.1 Å². The first-order valence-electron chi connectivity index (χ1n) is 11.6. The summed E-state index contributed by atoms with van der Waals surface area (Å²) in [7, 11) is 0. The van der Waals surface area contributed by atoms with Gasteiger partial charge in [-0.05, 0) is 73.0 Å². The number of carbonyl (C=O) groups excluding carboxylic acids is 2. The van der Waals surface area contributed by atoms with Gasteiger partial charge in [-0.3, -0.25) is 9.59 Å². The molecule has 0 aliphatic rings. The van der Waals surface area contributed by atoms with Crippen molar-refractivity contribution < 1.29 is 34.1 Å². The highest BCUT2D eigenvalue weighted by atomic mass is 35.5. The number of carbonyl (C=O) groups is 4. The number of ether oxygens (including phenoxy) is 1. The normalized spacial score (nSPS) is 10.4. The van der Waals surface area contributed by atoms with Gasteiger partial charge in [-0.25, -0.2) is 14.6 Å². The lowest BCUT2D eigenvalue weighted by Crippen LogP contribution is -2.36. The highest BCUT2D eigenvalue weighted by Crippen LogP contribution is 2.25. The molecule has 0 spiro atoms. The van der Waals surface area contributed by atoms with Crippen LogP contribution in [0, 0.1) is 0 Å². The Morgan fingerprint density at radius 1 is 0.897 bits per heavy atom. The number of rotatable bonds is 11. The Kier molecular flexibility index (Phi) is 9.60. The van der Waals surface area contributed by atoms with E-state index in [0.717, 1.165) is 4.90 Å². The van der Waals surface area contributed by atoms with Crippen molar-refractivity contribution in [1.82, 2.24) is 4.90 Å². The van der Waals surface area contributed by atoms with Gasteiger partial charge in [-0.15, -0.1) is 0 Å². The molecule has 12 heteroatoms. The van der Waals surface area contributed by atoms with E-state index in [1.807, 2.05) is 0 Å². The number of nitrogens with two attached hydrogens (primary N) is 2. The van der Waals surface area contributed by atoms with E-state index in [1.54, 1.807) is 24.3 Å². The third-order valence-electron chi connectivity index (χ3n) is 5.44. The summed E-state index contributed by atoms with van der Waals surface area (Å²) >= 11 is 6.37. The second kappa shape index (κ2) is 13.1. The number of carboxylic acids is 2. The SMILES string of the molecule is NC(N)=Nc1ccc(C(=O)Oc2ccc(CCCN(CC(=O)O)C(=O)c3cccc(C(=O)O)c3)c(Cl)c2)cc1. The fourth-order valence-electron chi connectivity index (χ4n) is 3.63. The van der Waals surface area contributed by atoms with Gasteiger partial charge in [0.05, 0.1) is 16.8 Å². The molecule has 39 heavy (non-hydrogen) atoms.